The smallest absolute Gasteiger partial charge is 0.0716 e. The highest BCUT2D eigenvalue weighted by Crippen LogP contribution is 2.14. The van der Waals surface area contributed by atoms with Gasteiger partial charge in [-0.1, -0.05) is 42.5 Å². The molecule has 0 aliphatic rings. The third-order valence-corrected chi connectivity index (χ3v) is 3.68. The summed E-state index contributed by atoms with van der Waals surface area (Å²) in [6.45, 7) is 6.78. The van der Waals surface area contributed by atoms with Crippen LogP contribution in [0.5, 0.6) is 0 Å². The first-order valence-electron chi connectivity index (χ1n) is 7.04. The van der Waals surface area contributed by atoms with E-state index >= 15 is 0 Å². The Labute approximate surface area is 121 Å². The molecule has 0 radical (unpaired) electrons. The molecule has 2 aromatic rings. The Morgan fingerprint density at radius 2 is 1.50 bits per heavy atom. The van der Waals surface area contributed by atoms with Crippen molar-refractivity contribution >= 4 is 0 Å². The quantitative estimate of drug-likeness (QED) is 0.862. The molecule has 1 N–H and O–H groups in total. The average Bonchev–Trinajstić information content (AvgIpc) is 2.44. The van der Waals surface area contributed by atoms with E-state index in [2.05, 4.69) is 61.6 Å². The van der Waals surface area contributed by atoms with Gasteiger partial charge >= 0.3 is 0 Å². The molecule has 2 aromatic carbocycles. The van der Waals surface area contributed by atoms with Gasteiger partial charge in [0, 0.05) is 20.2 Å². The van der Waals surface area contributed by atoms with Gasteiger partial charge in [-0.3, -0.25) is 0 Å². The van der Waals surface area contributed by atoms with Crippen molar-refractivity contribution in [2.75, 3.05) is 7.11 Å². The van der Waals surface area contributed by atoms with Crippen molar-refractivity contribution in [1.82, 2.24) is 5.32 Å². The van der Waals surface area contributed by atoms with Crippen molar-refractivity contribution in [2.45, 2.75) is 33.5 Å². The lowest BCUT2D eigenvalue weighted by molar-refractivity contribution is 0.184. The Morgan fingerprint density at radius 3 is 2.15 bits per heavy atom. The van der Waals surface area contributed by atoms with Gasteiger partial charge in [0.15, 0.2) is 0 Å². The van der Waals surface area contributed by atoms with Gasteiger partial charge in [-0.2, -0.15) is 0 Å². The summed E-state index contributed by atoms with van der Waals surface area (Å²) in [6, 6.07) is 14.9. The van der Waals surface area contributed by atoms with Gasteiger partial charge in [0.1, 0.15) is 0 Å². The van der Waals surface area contributed by atoms with Gasteiger partial charge in [0.05, 0.1) is 6.61 Å². The molecule has 0 unspecified atom stereocenters. The molecule has 0 amide bonds. The highest BCUT2D eigenvalue weighted by Gasteiger charge is 2.04. The Hall–Kier alpha value is -1.64. The molecular weight excluding hydrogens is 246 g/mol. The van der Waals surface area contributed by atoms with Crippen LogP contribution in [0, 0.1) is 13.8 Å². The first-order chi connectivity index (χ1) is 9.72. The molecule has 0 atom stereocenters. The lowest BCUT2D eigenvalue weighted by Gasteiger charge is -2.13. The molecule has 0 saturated carbocycles. The molecule has 0 fully saturated rings. The van der Waals surface area contributed by atoms with Crippen LogP contribution in [0.1, 0.15) is 27.8 Å². The predicted octanol–water partition coefficient (Wildman–Crippen LogP) is 3.74. The number of rotatable bonds is 6. The van der Waals surface area contributed by atoms with Gasteiger partial charge < -0.3 is 10.1 Å². The summed E-state index contributed by atoms with van der Waals surface area (Å²) in [5, 5.41) is 3.54. The summed E-state index contributed by atoms with van der Waals surface area (Å²) >= 11 is 0. The maximum Gasteiger partial charge on any atom is 0.0716 e. The summed E-state index contributed by atoms with van der Waals surface area (Å²) in [4.78, 5) is 0. The fraction of sp³-hybridized carbons (Fsp3) is 0.333. The van der Waals surface area contributed by atoms with Crippen molar-refractivity contribution in [3.8, 4) is 0 Å². The third-order valence-electron chi connectivity index (χ3n) is 3.68. The van der Waals surface area contributed by atoms with E-state index in [0.717, 1.165) is 13.1 Å². The average molecular weight is 269 g/mol. The lowest BCUT2D eigenvalue weighted by Crippen LogP contribution is -2.15. The number of ether oxygens (including phenoxy) is 1. The zero-order valence-corrected chi connectivity index (χ0v) is 12.6. The molecule has 0 spiro atoms. The molecule has 20 heavy (non-hydrogen) atoms. The molecule has 0 bridgehead atoms. The number of nitrogens with one attached hydrogen (secondary N) is 1. The Balaban J connectivity index is 2.00. The monoisotopic (exact) mass is 269 g/mol. The van der Waals surface area contributed by atoms with Crippen LogP contribution in [0.2, 0.25) is 0 Å². The molecule has 2 rings (SSSR count). The van der Waals surface area contributed by atoms with Crippen LogP contribution in [-0.4, -0.2) is 7.11 Å². The van der Waals surface area contributed by atoms with Crippen molar-refractivity contribution in [1.29, 1.82) is 0 Å². The first kappa shape index (κ1) is 14.8. The zero-order chi connectivity index (χ0) is 14.4. The van der Waals surface area contributed by atoms with Crippen LogP contribution in [0.25, 0.3) is 0 Å². The van der Waals surface area contributed by atoms with Crippen LogP contribution in [0.4, 0.5) is 0 Å². The highest BCUT2D eigenvalue weighted by molar-refractivity contribution is 5.33. The summed E-state index contributed by atoms with van der Waals surface area (Å²) in [7, 11) is 1.74. The van der Waals surface area contributed by atoms with Crippen LogP contribution in [0.3, 0.4) is 0 Å². The van der Waals surface area contributed by atoms with E-state index in [-0.39, 0.29) is 0 Å². The fourth-order valence-electron chi connectivity index (χ4n) is 2.48. The Kier molecular flexibility index (Phi) is 5.33. The summed E-state index contributed by atoms with van der Waals surface area (Å²) in [5.41, 5.74) is 6.66. The Bertz CT molecular complexity index is 543. The van der Waals surface area contributed by atoms with Crippen LogP contribution in [-0.2, 0) is 24.4 Å². The summed E-state index contributed by atoms with van der Waals surface area (Å²) in [6.07, 6.45) is 0. The van der Waals surface area contributed by atoms with Crippen LogP contribution >= 0.6 is 0 Å². The van der Waals surface area contributed by atoms with Gasteiger partial charge in [-0.05, 0) is 41.7 Å². The van der Waals surface area contributed by atoms with E-state index in [0.29, 0.717) is 6.61 Å². The molecule has 2 heteroatoms. The van der Waals surface area contributed by atoms with Crippen molar-refractivity contribution < 1.29 is 4.74 Å². The topological polar surface area (TPSA) is 21.3 Å². The zero-order valence-electron chi connectivity index (χ0n) is 12.6. The number of aryl methyl sites for hydroxylation is 2. The summed E-state index contributed by atoms with van der Waals surface area (Å²) < 4.78 is 5.24. The van der Waals surface area contributed by atoms with Gasteiger partial charge in [-0.15, -0.1) is 0 Å². The maximum absolute atomic E-state index is 5.24. The van der Waals surface area contributed by atoms with Gasteiger partial charge in [0.2, 0.25) is 0 Å². The third kappa shape index (κ3) is 3.69. The van der Waals surface area contributed by atoms with E-state index in [1.165, 1.54) is 27.8 Å². The largest absolute Gasteiger partial charge is 0.380 e. The molecule has 0 saturated heterocycles. The second kappa shape index (κ2) is 7.22. The molecule has 106 valence electrons. The van der Waals surface area contributed by atoms with E-state index in [9.17, 15) is 0 Å². The predicted molar refractivity (Wildman–Crippen MR) is 83.6 cm³/mol. The number of hydrogen-bond donors (Lipinski definition) is 1. The van der Waals surface area contributed by atoms with E-state index in [4.69, 9.17) is 4.74 Å². The minimum Gasteiger partial charge on any atom is -0.380 e. The molecule has 0 aliphatic heterocycles. The maximum atomic E-state index is 5.24. The molecule has 0 heterocycles. The van der Waals surface area contributed by atoms with Crippen molar-refractivity contribution in [3.05, 3.63) is 70.3 Å². The van der Waals surface area contributed by atoms with Gasteiger partial charge in [-0.25, -0.2) is 0 Å². The standard InChI is InChI=1S/C18H23NO/c1-14-7-6-8-15(2)18(14)12-19-11-16-9-4-5-10-17(16)13-20-3/h4-10,19H,11-13H2,1-3H3. The second-order valence-corrected chi connectivity index (χ2v) is 5.18. The molecular formula is C18H23NO. The molecule has 0 aromatic heterocycles. The van der Waals surface area contributed by atoms with E-state index < -0.39 is 0 Å². The van der Waals surface area contributed by atoms with Crippen LogP contribution < -0.4 is 5.32 Å². The highest BCUT2D eigenvalue weighted by atomic mass is 16.5. The number of hydrogen-bond acceptors (Lipinski definition) is 2. The second-order valence-electron chi connectivity index (χ2n) is 5.18. The minimum absolute atomic E-state index is 0.668. The normalized spacial score (nSPS) is 10.8. The molecule has 2 nitrogen and oxygen atoms in total. The number of methoxy groups -OCH3 is 1. The molecule has 0 aliphatic carbocycles. The van der Waals surface area contributed by atoms with Gasteiger partial charge in [0.25, 0.3) is 0 Å². The fourth-order valence-corrected chi connectivity index (χ4v) is 2.48. The van der Waals surface area contributed by atoms with Crippen LogP contribution in [0.15, 0.2) is 42.5 Å². The Morgan fingerprint density at radius 1 is 0.850 bits per heavy atom. The van der Waals surface area contributed by atoms with E-state index in [1.807, 2.05) is 0 Å². The number of benzene rings is 2. The summed E-state index contributed by atoms with van der Waals surface area (Å²) in [5.74, 6) is 0. The van der Waals surface area contributed by atoms with Crippen molar-refractivity contribution in [3.63, 3.8) is 0 Å². The first-order valence-corrected chi connectivity index (χ1v) is 7.04. The lowest BCUT2D eigenvalue weighted by atomic mass is 10.0. The minimum atomic E-state index is 0.668. The van der Waals surface area contributed by atoms with Crippen molar-refractivity contribution in [2.24, 2.45) is 0 Å². The van der Waals surface area contributed by atoms with E-state index in [1.54, 1.807) is 7.11 Å². The SMILES string of the molecule is COCc1ccccc1CNCc1c(C)cccc1C.